The number of pyridine rings is 1. The zero-order valence-electron chi connectivity index (χ0n) is 27.3. The average molecular weight is 581 g/mol. The highest BCUT2D eigenvalue weighted by Gasteiger charge is 2.26. The van der Waals surface area contributed by atoms with Gasteiger partial charge in [-0.05, 0) is 85.4 Å². The van der Waals surface area contributed by atoms with Gasteiger partial charge in [-0.25, -0.2) is 4.98 Å². The first-order valence-electron chi connectivity index (χ1n) is 15.6. The number of unbranched alkanes of at least 4 members (excludes halogenated alkanes) is 1. The fraction of sp³-hybridized carbons (Fsp3) is 0.421. The molecule has 1 aromatic heterocycles. The standard InChI is InChI=1S/C38H48N2O3/c1-9-37(4,5)28-17-19-35(32(24-28)38(6,7)10-2)43-21-12-11-20-39-36(41)31-25-34(27-14-13-15-29(23-27)42-8)40-33-18-16-26(3)22-30(31)33/h13-19,22-25H,9-12,20-21H2,1-8H3,(H,39,41). The maximum Gasteiger partial charge on any atom is 0.252 e. The molecule has 0 saturated carbocycles. The Bertz CT molecular complexity index is 1570. The summed E-state index contributed by atoms with van der Waals surface area (Å²) >= 11 is 0. The van der Waals surface area contributed by atoms with Crippen LogP contribution in [0.3, 0.4) is 0 Å². The van der Waals surface area contributed by atoms with Crippen molar-refractivity contribution in [3.8, 4) is 22.8 Å². The Morgan fingerprint density at radius 3 is 2.37 bits per heavy atom. The molecule has 0 saturated heterocycles. The highest BCUT2D eigenvalue weighted by atomic mass is 16.5. The quantitative estimate of drug-likeness (QED) is 0.160. The van der Waals surface area contributed by atoms with Gasteiger partial charge in [-0.2, -0.15) is 0 Å². The highest BCUT2D eigenvalue weighted by molar-refractivity contribution is 6.07. The lowest BCUT2D eigenvalue weighted by atomic mass is 9.76. The van der Waals surface area contributed by atoms with Gasteiger partial charge in [0.1, 0.15) is 11.5 Å². The van der Waals surface area contributed by atoms with E-state index < -0.39 is 0 Å². The number of aromatic nitrogens is 1. The van der Waals surface area contributed by atoms with Crippen LogP contribution in [0.4, 0.5) is 0 Å². The van der Waals surface area contributed by atoms with Gasteiger partial charge >= 0.3 is 0 Å². The van der Waals surface area contributed by atoms with Gasteiger partial charge in [0.15, 0.2) is 0 Å². The zero-order valence-corrected chi connectivity index (χ0v) is 27.3. The summed E-state index contributed by atoms with van der Waals surface area (Å²) in [6.45, 7) is 16.9. The van der Waals surface area contributed by atoms with Crippen molar-refractivity contribution in [1.29, 1.82) is 0 Å². The van der Waals surface area contributed by atoms with E-state index in [0.717, 1.165) is 64.9 Å². The molecule has 1 N–H and O–H groups in total. The number of carbonyl (C=O) groups is 1. The van der Waals surface area contributed by atoms with Crippen LogP contribution in [-0.2, 0) is 10.8 Å². The number of rotatable bonds is 13. The molecule has 5 nitrogen and oxygen atoms in total. The van der Waals surface area contributed by atoms with E-state index in [-0.39, 0.29) is 16.7 Å². The van der Waals surface area contributed by atoms with E-state index in [1.54, 1.807) is 7.11 Å². The number of hydrogen-bond donors (Lipinski definition) is 1. The summed E-state index contributed by atoms with van der Waals surface area (Å²) in [5.74, 6) is 1.63. The van der Waals surface area contributed by atoms with E-state index in [1.807, 2.05) is 55.5 Å². The number of amides is 1. The SMILES string of the molecule is CCC(C)(C)c1ccc(OCCCCNC(=O)c2cc(-c3cccc(OC)c3)nc3ccc(C)cc23)c(C(C)(C)CC)c1. The number of nitrogens with zero attached hydrogens (tertiary/aromatic N) is 1. The van der Waals surface area contributed by atoms with Gasteiger partial charge in [-0.3, -0.25) is 4.79 Å². The largest absolute Gasteiger partial charge is 0.497 e. The van der Waals surface area contributed by atoms with E-state index in [9.17, 15) is 4.79 Å². The second-order valence-electron chi connectivity index (χ2n) is 12.8. The normalized spacial score (nSPS) is 11.9. The van der Waals surface area contributed by atoms with E-state index in [4.69, 9.17) is 14.5 Å². The number of ether oxygens (including phenoxy) is 2. The van der Waals surface area contributed by atoms with Crippen molar-refractivity contribution in [2.24, 2.45) is 0 Å². The lowest BCUT2D eigenvalue weighted by Gasteiger charge is -2.30. The monoisotopic (exact) mass is 580 g/mol. The second kappa shape index (κ2) is 13.6. The van der Waals surface area contributed by atoms with Crippen LogP contribution in [-0.4, -0.2) is 31.2 Å². The molecule has 0 aliphatic heterocycles. The summed E-state index contributed by atoms with van der Waals surface area (Å²) in [5.41, 5.74) is 6.95. The van der Waals surface area contributed by atoms with Gasteiger partial charge in [0.25, 0.3) is 5.91 Å². The molecule has 4 rings (SSSR count). The van der Waals surface area contributed by atoms with Gasteiger partial charge in [0.05, 0.1) is 30.5 Å². The van der Waals surface area contributed by atoms with Gasteiger partial charge in [-0.15, -0.1) is 0 Å². The van der Waals surface area contributed by atoms with E-state index >= 15 is 0 Å². The Morgan fingerprint density at radius 2 is 1.65 bits per heavy atom. The third kappa shape index (κ3) is 7.57. The Morgan fingerprint density at radius 1 is 0.884 bits per heavy atom. The van der Waals surface area contributed by atoms with Crippen LogP contribution in [0.1, 0.15) is 94.3 Å². The maximum atomic E-state index is 13.5. The van der Waals surface area contributed by atoms with Crippen molar-refractivity contribution in [2.45, 2.75) is 85.0 Å². The summed E-state index contributed by atoms with van der Waals surface area (Å²) in [4.78, 5) is 18.3. The predicted octanol–water partition coefficient (Wildman–Crippen LogP) is 9.18. The van der Waals surface area contributed by atoms with Crippen molar-refractivity contribution in [3.63, 3.8) is 0 Å². The van der Waals surface area contributed by atoms with E-state index in [1.165, 1.54) is 11.1 Å². The number of fused-ring (bicyclic) bond motifs is 1. The number of methoxy groups -OCH3 is 1. The molecule has 0 unspecified atom stereocenters. The third-order valence-electron chi connectivity index (χ3n) is 8.95. The molecule has 0 aliphatic carbocycles. The van der Waals surface area contributed by atoms with Crippen LogP contribution in [0.15, 0.2) is 66.7 Å². The smallest absolute Gasteiger partial charge is 0.252 e. The Labute approximate surface area is 258 Å². The second-order valence-corrected chi connectivity index (χ2v) is 12.8. The summed E-state index contributed by atoms with van der Waals surface area (Å²) in [6, 6.07) is 22.4. The van der Waals surface area contributed by atoms with Crippen LogP contribution < -0.4 is 14.8 Å². The molecule has 0 spiro atoms. The van der Waals surface area contributed by atoms with E-state index in [0.29, 0.717) is 18.7 Å². The first kappa shape index (κ1) is 32.1. The number of nitrogens with one attached hydrogen (secondary N) is 1. The summed E-state index contributed by atoms with van der Waals surface area (Å²) in [7, 11) is 1.65. The van der Waals surface area contributed by atoms with Crippen molar-refractivity contribution in [2.75, 3.05) is 20.3 Å². The summed E-state index contributed by atoms with van der Waals surface area (Å²) in [5, 5.41) is 3.99. The van der Waals surface area contributed by atoms with Crippen molar-refractivity contribution < 1.29 is 14.3 Å². The molecule has 0 fully saturated rings. The average Bonchev–Trinajstić information content (AvgIpc) is 3.01. The maximum absolute atomic E-state index is 13.5. The molecule has 0 bridgehead atoms. The number of aryl methyl sites for hydroxylation is 1. The van der Waals surface area contributed by atoms with Crippen molar-refractivity contribution >= 4 is 16.8 Å². The van der Waals surface area contributed by atoms with Crippen molar-refractivity contribution in [1.82, 2.24) is 10.3 Å². The highest BCUT2D eigenvalue weighted by Crippen LogP contribution is 2.38. The molecular formula is C38H48N2O3. The van der Waals surface area contributed by atoms with E-state index in [2.05, 4.69) is 65.1 Å². The van der Waals surface area contributed by atoms with Gasteiger partial charge in [0, 0.05) is 23.1 Å². The number of hydrogen-bond acceptors (Lipinski definition) is 4. The predicted molar refractivity (Wildman–Crippen MR) is 179 cm³/mol. The lowest BCUT2D eigenvalue weighted by Crippen LogP contribution is -2.25. The Kier molecular flexibility index (Phi) is 10.2. The van der Waals surface area contributed by atoms with Crippen LogP contribution in [0.5, 0.6) is 11.5 Å². The molecule has 5 heteroatoms. The molecule has 3 aromatic carbocycles. The van der Waals surface area contributed by atoms with Crippen LogP contribution in [0, 0.1) is 6.92 Å². The molecule has 0 radical (unpaired) electrons. The van der Waals surface area contributed by atoms with Crippen LogP contribution in [0.2, 0.25) is 0 Å². The van der Waals surface area contributed by atoms with Crippen LogP contribution in [0.25, 0.3) is 22.2 Å². The Hall–Kier alpha value is -3.86. The fourth-order valence-electron chi connectivity index (χ4n) is 5.16. The summed E-state index contributed by atoms with van der Waals surface area (Å²) in [6.07, 6.45) is 3.79. The number of benzene rings is 3. The molecule has 228 valence electrons. The molecular weight excluding hydrogens is 532 g/mol. The third-order valence-corrected chi connectivity index (χ3v) is 8.95. The topological polar surface area (TPSA) is 60.5 Å². The summed E-state index contributed by atoms with van der Waals surface area (Å²) < 4.78 is 11.7. The van der Waals surface area contributed by atoms with Gasteiger partial charge in [0.2, 0.25) is 0 Å². The molecule has 4 aromatic rings. The van der Waals surface area contributed by atoms with Crippen molar-refractivity contribution in [3.05, 3.63) is 89.0 Å². The molecule has 0 atom stereocenters. The first-order chi connectivity index (χ1) is 20.5. The minimum Gasteiger partial charge on any atom is -0.497 e. The molecule has 1 amide bonds. The first-order valence-corrected chi connectivity index (χ1v) is 15.6. The fourth-order valence-corrected chi connectivity index (χ4v) is 5.16. The molecule has 1 heterocycles. The van der Waals surface area contributed by atoms with Crippen LogP contribution >= 0.6 is 0 Å². The number of carbonyl (C=O) groups excluding carboxylic acids is 1. The minimum absolute atomic E-state index is 0.0263. The molecule has 0 aliphatic rings. The minimum atomic E-state index is -0.0934. The van der Waals surface area contributed by atoms with Gasteiger partial charge in [-0.1, -0.05) is 77.4 Å². The molecule has 43 heavy (non-hydrogen) atoms. The Balaban J connectivity index is 1.42. The lowest BCUT2D eigenvalue weighted by molar-refractivity contribution is 0.0954. The van der Waals surface area contributed by atoms with Gasteiger partial charge < -0.3 is 14.8 Å². The zero-order chi connectivity index (χ0) is 31.2.